The molecule has 0 bridgehead atoms. The van der Waals surface area contributed by atoms with Crippen LogP contribution in [0.1, 0.15) is 32.6 Å². The average Bonchev–Trinajstić information content (AvgIpc) is 3.51. The van der Waals surface area contributed by atoms with Crippen LogP contribution in [0.3, 0.4) is 0 Å². The van der Waals surface area contributed by atoms with Gasteiger partial charge in [0.1, 0.15) is 23.4 Å². The Morgan fingerprint density at radius 1 is 1.08 bits per heavy atom. The van der Waals surface area contributed by atoms with E-state index in [2.05, 4.69) is 10.6 Å². The zero-order valence-corrected chi connectivity index (χ0v) is 20.6. The summed E-state index contributed by atoms with van der Waals surface area (Å²) in [4.78, 5) is 39.5. The first-order chi connectivity index (χ1) is 17.3. The van der Waals surface area contributed by atoms with Crippen molar-refractivity contribution in [3.63, 3.8) is 0 Å². The van der Waals surface area contributed by atoms with E-state index in [1.807, 2.05) is 0 Å². The molecule has 192 valence electrons. The van der Waals surface area contributed by atoms with Gasteiger partial charge in [-0.1, -0.05) is 25.0 Å². The Morgan fingerprint density at radius 3 is 2.56 bits per heavy atom. The molecule has 1 saturated carbocycles. The number of nitrogens with one attached hydrogen (secondary N) is 2. The Hall–Kier alpha value is -3.47. The van der Waals surface area contributed by atoms with E-state index in [1.54, 1.807) is 24.3 Å². The Labute approximate surface area is 210 Å². The molecular formula is C25H28FN3O6S. The third-order valence-corrected chi connectivity index (χ3v) is 7.23. The Kier molecular flexibility index (Phi) is 8.19. The Balaban J connectivity index is 1.41. The molecule has 4 rings (SSSR count). The summed E-state index contributed by atoms with van der Waals surface area (Å²) in [7, 11) is -1.90. The number of fused-ring (bicyclic) bond motifs is 1. The SMILES string of the molecule is C[C@@H](C(=O)NC1CCCC1)N(C(=O)C[S@](=O)CC(=O)Nc1ccc2c(c1)OCO2)c1ccccc1F. The summed E-state index contributed by atoms with van der Waals surface area (Å²) in [5, 5.41) is 5.53. The second-order valence-electron chi connectivity index (χ2n) is 8.73. The van der Waals surface area contributed by atoms with E-state index in [4.69, 9.17) is 9.47 Å². The van der Waals surface area contributed by atoms with E-state index in [-0.39, 0.29) is 18.5 Å². The number of ether oxygens (including phenoxy) is 2. The molecule has 11 heteroatoms. The van der Waals surface area contributed by atoms with Gasteiger partial charge >= 0.3 is 0 Å². The van der Waals surface area contributed by atoms with Crippen LogP contribution in [-0.4, -0.2) is 52.3 Å². The quantitative estimate of drug-likeness (QED) is 0.529. The van der Waals surface area contributed by atoms with Crippen molar-refractivity contribution in [1.82, 2.24) is 5.32 Å². The summed E-state index contributed by atoms with van der Waals surface area (Å²) in [5.74, 6) is -2.34. The van der Waals surface area contributed by atoms with Gasteiger partial charge in [-0.25, -0.2) is 4.39 Å². The molecule has 1 fully saturated rings. The van der Waals surface area contributed by atoms with Crippen molar-refractivity contribution in [2.24, 2.45) is 0 Å². The molecule has 2 atom stereocenters. The van der Waals surface area contributed by atoms with Crippen molar-refractivity contribution in [3.05, 3.63) is 48.3 Å². The first kappa shape index (κ1) is 25.6. The summed E-state index contributed by atoms with van der Waals surface area (Å²) >= 11 is 0. The third-order valence-electron chi connectivity index (χ3n) is 6.08. The number of carbonyl (C=O) groups is 3. The molecule has 2 aromatic carbocycles. The minimum absolute atomic E-state index is 0.0199. The summed E-state index contributed by atoms with van der Waals surface area (Å²) < 4.78 is 37.8. The van der Waals surface area contributed by atoms with Gasteiger partial charge in [-0.15, -0.1) is 0 Å². The molecule has 0 aromatic heterocycles. The van der Waals surface area contributed by atoms with Crippen LogP contribution in [0.15, 0.2) is 42.5 Å². The summed E-state index contributed by atoms with van der Waals surface area (Å²) in [6.45, 7) is 1.60. The van der Waals surface area contributed by atoms with Crippen molar-refractivity contribution in [3.8, 4) is 11.5 Å². The van der Waals surface area contributed by atoms with Crippen molar-refractivity contribution < 1.29 is 32.5 Å². The second kappa shape index (κ2) is 11.5. The highest BCUT2D eigenvalue weighted by molar-refractivity contribution is 7.86. The van der Waals surface area contributed by atoms with Gasteiger partial charge in [-0.3, -0.25) is 23.5 Å². The van der Waals surface area contributed by atoms with Crippen LogP contribution in [-0.2, 0) is 25.2 Å². The standard InChI is InChI=1S/C25H28FN3O6S/c1-16(25(32)28-17-6-2-3-7-17)29(20-9-5-4-8-19(20)26)24(31)14-36(33)13-23(30)27-18-10-11-21-22(12-18)35-15-34-21/h4-5,8-12,16-17H,2-3,6-7,13-15H2,1H3,(H,27,30)(H,28,32)/t16-,36+/m0/s1. The summed E-state index contributed by atoms with van der Waals surface area (Å²) in [5.41, 5.74) is 0.344. The molecule has 0 spiro atoms. The predicted molar refractivity (Wildman–Crippen MR) is 133 cm³/mol. The molecule has 1 aliphatic carbocycles. The lowest BCUT2D eigenvalue weighted by Gasteiger charge is -2.29. The van der Waals surface area contributed by atoms with Crippen LogP contribution < -0.4 is 25.0 Å². The molecule has 2 aliphatic rings. The summed E-state index contributed by atoms with van der Waals surface area (Å²) in [6.07, 6.45) is 3.74. The number of para-hydroxylation sites is 1. The van der Waals surface area contributed by atoms with Crippen molar-refractivity contribution in [2.45, 2.75) is 44.7 Å². The lowest BCUT2D eigenvalue weighted by atomic mass is 10.1. The largest absolute Gasteiger partial charge is 0.454 e. The lowest BCUT2D eigenvalue weighted by Crippen LogP contribution is -2.51. The maximum absolute atomic E-state index is 14.6. The van der Waals surface area contributed by atoms with Crippen LogP contribution in [0.4, 0.5) is 15.8 Å². The first-order valence-corrected chi connectivity index (χ1v) is 13.2. The van der Waals surface area contributed by atoms with Crippen LogP contribution in [0.2, 0.25) is 0 Å². The number of benzene rings is 2. The van der Waals surface area contributed by atoms with E-state index in [0.29, 0.717) is 17.2 Å². The van der Waals surface area contributed by atoms with Crippen molar-refractivity contribution >= 4 is 39.9 Å². The molecule has 0 unspecified atom stereocenters. The minimum Gasteiger partial charge on any atom is -0.454 e. The molecule has 2 N–H and O–H groups in total. The minimum atomic E-state index is -1.90. The fraction of sp³-hybridized carbons (Fsp3) is 0.400. The maximum Gasteiger partial charge on any atom is 0.243 e. The monoisotopic (exact) mass is 517 g/mol. The van der Waals surface area contributed by atoms with E-state index >= 15 is 0 Å². The smallest absolute Gasteiger partial charge is 0.243 e. The van der Waals surface area contributed by atoms with Gasteiger partial charge in [-0.05, 0) is 44.0 Å². The molecule has 0 saturated heterocycles. The molecule has 9 nitrogen and oxygen atoms in total. The van der Waals surface area contributed by atoms with E-state index < -0.39 is 51.9 Å². The van der Waals surface area contributed by atoms with Gasteiger partial charge < -0.3 is 20.1 Å². The third kappa shape index (κ3) is 6.20. The van der Waals surface area contributed by atoms with Crippen LogP contribution >= 0.6 is 0 Å². The number of anilines is 2. The predicted octanol–water partition coefficient (Wildman–Crippen LogP) is 2.72. The molecule has 3 amide bonds. The van der Waals surface area contributed by atoms with Gasteiger partial charge in [0.05, 0.1) is 5.69 Å². The van der Waals surface area contributed by atoms with Gasteiger partial charge in [0.2, 0.25) is 24.5 Å². The lowest BCUT2D eigenvalue weighted by molar-refractivity contribution is -0.125. The number of hydrogen-bond acceptors (Lipinski definition) is 6. The Morgan fingerprint density at radius 2 is 1.81 bits per heavy atom. The number of hydrogen-bond donors (Lipinski definition) is 2. The number of carbonyl (C=O) groups excluding carboxylic acids is 3. The molecule has 0 radical (unpaired) electrons. The number of nitrogens with zero attached hydrogens (tertiary/aromatic N) is 1. The highest BCUT2D eigenvalue weighted by Gasteiger charge is 2.32. The number of rotatable bonds is 9. The van der Waals surface area contributed by atoms with Crippen molar-refractivity contribution in [2.75, 3.05) is 28.5 Å². The molecular weight excluding hydrogens is 489 g/mol. The van der Waals surface area contributed by atoms with Gasteiger partial charge in [0, 0.05) is 28.6 Å². The highest BCUT2D eigenvalue weighted by Crippen LogP contribution is 2.34. The fourth-order valence-electron chi connectivity index (χ4n) is 4.29. The van der Waals surface area contributed by atoms with Crippen LogP contribution in [0.5, 0.6) is 11.5 Å². The average molecular weight is 518 g/mol. The Bertz CT molecular complexity index is 1170. The topological polar surface area (TPSA) is 114 Å². The number of amides is 3. The number of halogens is 1. The second-order valence-corrected chi connectivity index (χ2v) is 10.2. The van der Waals surface area contributed by atoms with E-state index in [9.17, 15) is 23.0 Å². The van der Waals surface area contributed by atoms with Gasteiger partial charge in [0.15, 0.2) is 11.5 Å². The van der Waals surface area contributed by atoms with Crippen molar-refractivity contribution in [1.29, 1.82) is 0 Å². The first-order valence-electron chi connectivity index (χ1n) is 11.7. The molecule has 1 aliphatic heterocycles. The fourth-order valence-corrected chi connectivity index (χ4v) is 5.17. The van der Waals surface area contributed by atoms with Gasteiger partial charge in [-0.2, -0.15) is 0 Å². The zero-order valence-electron chi connectivity index (χ0n) is 19.8. The molecule has 36 heavy (non-hydrogen) atoms. The van der Waals surface area contributed by atoms with E-state index in [0.717, 1.165) is 30.6 Å². The molecule has 2 aromatic rings. The maximum atomic E-state index is 14.6. The molecule has 1 heterocycles. The van der Waals surface area contributed by atoms with Gasteiger partial charge in [0.25, 0.3) is 0 Å². The van der Waals surface area contributed by atoms with Crippen LogP contribution in [0, 0.1) is 5.82 Å². The zero-order chi connectivity index (χ0) is 25.7. The van der Waals surface area contributed by atoms with E-state index in [1.165, 1.54) is 25.1 Å². The van der Waals surface area contributed by atoms with Crippen LogP contribution in [0.25, 0.3) is 0 Å². The summed E-state index contributed by atoms with van der Waals surface area (Å²) in [6, 6.07) is 9.43. The normalized spacial score (nSPS) is 16.3. The highest BCUT2D eigenvalue weighted by atomic mass is 32.2.